The minimum Gasteiger partial charge on any atom is -0.465 e. The van der Waals surface area contributed by atoms with E-state index in [1.807, 2.05) is 35.2 Å². The molecule has 5 nitrogen and oxygen atoms in total. The summed E-state index contributed by atoms with van der Waals surface area (Å²) in [6.45, 7) is 5.30. The van der Waals surface area contributed by atoms with Gasteiger partial charge in [-0.15, -0.1) is 0 Å². The molecule has 1 aliphatic rings. The Morgan fingerprint density at radius 1 is 1.12 bits per heavy atom. The van der Waals surface area contributed by atoms with E-state index in [0.29, 0.717) is 26.2 Å². The molecular weight excluding hydrogens is 318 g/mol. The van der Waals surface area contributed by atoms with Gasteiger partial charge in [-0.05, 0) is 25.3 Å². The van der Waals surface area contributed by atoms with Crippen LogP contribution in [0.4, 0.5) is 0 Å². The van der Waals surface area contributed by atoms with E-state index >= 15 is 0 Å². The van der Waals surface area contributed by atoms with Crippen LogP contribution in [0.15, 0.2) is 30.3 Å². The summed E-state index contributed by atoms with van der Waals surface area (Å²) >= 11 is 0. The Morgan fingerprint density at radius 3 is 2.56 bits per heavy atom. The average molecular weight is 347 g/mol. The quantitative estimate of drug-likeness (QED) is 0.350. The molecule has 25 heavy (non-hydrogen) atoms. The predicted molar refractivity (Wildman–Crippen MR) is 96.2 cm³/mol. The maximum absolute atomic E-state index is 12.3. The summed E-state index contributed by atoms with van der Waals surface area (Å²) in [6, 6.07) is 9.06. The molecule has 0 spiro atoms. The Labute approximate surface area is 150 Å². The number of carbonyl (C=O) groups is 2. The second-order valence-corrected chi connectivity index (χ2v) is 6.40. The summed E-state index contributed by atoms with van der Waals surface area (Å²) in [5, 5.41) is 0. The van der Waals surface area contributed by atoms with Gasteiger partial charge in [0.05, 0.1) is 13.2 Å². The van der Waals surface area contributed by atoms with Gasteiger partial charge in [0, 0.05) is 6.54 Å². The molecule has 3 atom stereocenters. The molecule has 0 N–H and O–H groups in total. The number of nitrogens with zero attached hydrogens (tertiary/aromatic N) is 1. The molecule has 1 saturated heterocycles. The van der Waals surface area contributed by atoms with E-state index in [1.165, 1.54) is 0 Å². The van der Waals surface area contributed by atoms with Gasteiger partial charge in [0.2, 0.25) is 0 Å². The monoisotopic (exact) mass is 347 g/mol. The number of hydrogen-bond acceptors (Lipinski definition) is 5. The van der Waals surface area contributed by atoms with Gasteiger partial charge in [-0.25, -0.2) is 0 Å². The first-order valence-corrected chi connectivity index (χ1v) is 9.30. The molecule has 0 amide bonds. The van der Waals surface area contributed by atoms with Crippen molar-refractivity contribution in [2.24, 2.45) is 0 Å². The number of ether oxygens (including phenoxy) is 2. The molecule has 2 rings (SSSR count). The number of benzene rings is 1. The number of hydrogen-bond donors (Lipinski definition) is 0. The topological polar surface area (TPSA) is 55.6 Å². The molecule has 0 aromatic heterocycles. The average Bonchev–Trinajstić information content (AvgIpc) is 3.41. The first-order valence-electron chi connectivity index (χ1n) is 9.30. The Bertz CT molecular complexity index is 546. The minimum absolute atomic E-state index is 0.223. The van der Waals surface area contributed by atoms with Gasteiger partial charge in [-0.3, -0.25) is 14.5 Å². The molecule has 1 aromatic rings. The Balaban J connectivity index is 1.86. The summed E-state index contributed by atoms with van der Waals surface area (Å²) in [6.07, 6.45) is 4.84. The van der Waals surface area contributed by atoms with Gasteiger partial charge in [0.25, 0.3) is 0 Å². The molecule has 1 unspecified atom stereocenters. The van der Waals surface area contributed by atoms with Crippen molar-refractivity contribution in [3.63, 3.8) is 0 Å². The van der Waals surface area contributed by atoms with Gasteiger partial charge >= 0.3 is 11.9 Å². The molecule has 1 aliphatic heterocycles. The van der Waals surface area contributed by atoms with E-state index in [4.69, 9.17) is 9.47 Å². The lowest BCUT2D eigenvalue weighted by Gasteiger charge is -2.17. The van der Waals surface area contributed by atoms with E-state index in [1.54, 1.807) is 6.92 Å². The number of esters is 2. The number of rotatable bonds is 11. The molecule has 0 radical (unpaired) electrons. The van der Waals surface area contributed by atoms with E-state index in [9.17, 15) is 9.59 Å². The molecular formula is C20H29NO4. The maximum Gasteiger partial charge on any atom is 0.324 e. The van der Waals surface area contributed by atoms with Crippen LogP contribution in [0.1, 0.15) is 45.1 Å². The zero-order valence-corrected chi connectivity index (χ0v) is 15.3. The normalized spacial score (nSPS) is 19.9. The fourth-order valence-electron chi connectivity index (χ4n) is 2.92. The minimum atomic E-state index is -0.431. The van der Waals surface area contributed by atoms with E-state index < -0.39 is 6.04 Å². The SMILES string of the molecule is CCCCCCOC(=O)[C@@H]1CN1[C@@H](Cc1ccccc1)C(=O)OCC. The van der Waals surface area contributed by atoms with Crippen LogP contribution in [0.5, 0.6) is 0 Å². The third-order valence-electron chi connectivity index (χ3n) is 4.40. The van der Waals surface area contributed by atoms with Crippen LogP contribution >= 0.6 is 0 Å². The summed E-state index contributed by atoms with van der Waals surface area (Å²) in [7, 11) is 0. The zero-order chi connectivity index (χ0) is 18.1. The Morgan fingerprint density at radius 2 is 1.88 bits per heavy atom. The lowest BCUT2D eigenvalue weighted by atomic mass is 10.1. The van der Waals surface area contributed by atoms with Crippen LogP contribution in [-0.4, -0.2) is 48.7 Å². The lowest BCUT2D eigenvalue weighted by molar-refractivity contribution is -0.149. The zero-order valence-electron chi connectivity index (χ0n) is 15.3. The summed E-state index contributed by atoms with van der Waals surface area (Å²) in [4.78, 5) is 26.4. The lowest BCUT2D eigenvalue weighted by Crippen LogP contribution is -2.36. The second kappa shape index (κ2) is 10.2. The van der Waals surface area contributed by atoms with Crippen molar-refractivity contribution >= 4 is 11.9 Å². The van der Waals surface area contributed by atoms with Crippen molar-refractivity contribution in [1.82, 2.24) is 4.90 Å². The molecule has 1 aromatic carbocycles. The van der Waals surface area contributed by atoms with Gasteiger partial charge in [0.1, 0.15) is 12.1 Å². The van der Waals surface area contributed by atoms with Crippen LogP contribution < -0.4 is 0 Å². The second-order valence-electron chi connectivity index (χ2n) is 6.40. The van der Waals surface area contributed by atoms with Gasteiger partial charge < -0.3 is 9.47 Å². The Hall–Kier alpha value is -1.88. The third kappa shape index (κ3) is 6.16. The molecule has 1 fully saturated rings. The molecule has 5 heteroatoms. The summed E-state index contributed by atoms with van der Waals surface area (Å²) in [5.74, 6) is -0.497. The smallest absolute Gasteiger partial charge is 0.324 e. The molecule has 0 bridgehead atoms. The fourth-order valence-corrected chi connectivity index (χ4v) is 2.92. The standard InChI is InChI=1S/C20H29NO4/c1-3-5-6-10-13-25-20(23)18-15-21(18)17(19(22)24-4-2)14-16-11-8-7-9-12-16/h7-9,11-12,17-18H,3-6,10,13-15H2,1-2H3/t17-,18-,21?/m0/s1. The highest BCUT2D eigenvalue weighted by Crippen LogP contribution is 2.26. The Kier molecular flexibility index (Phi) is 7.92. The summed E-state index contributed by atoms with van der Waals surface area (Å²) < 4.78 is 10.5. The van der Waals surface area contributed by atoms with Crippen LogP contribution in [0, 0.1) is 0 Å². The van der Waals surface area contributed by atoms with Crippen molar-refractivity contribution in [2.45, 2.75) is 58.0 Å². The van der Waals surface area contributed by atoms with Crippen molar-refractivity contribution in [3.05, 3.63) is 35.9 Å². The van der Waals surface area contributed by atoms with Crippen LogP contribution in [0.3, 0.4) is 0 Å². The third-order valence-corrected chi connectivity index (χ3v) is 4.40. The van der Waals surface area contributed by atoms with Gasteiger partial charge in [0.15, 0.2) is 0 Å². The largest absolute Gasteiger partial charge is 0.465 e. The fraction of sp³-hybridized carbons (Fsp3) is 0.600. The molecule has 138 valence electrons. The number of carbonyl (C=O) groups excluding carboxylic acids is 2. The van der Waals surface area contributed by atoms with E-state index in [-0.39, 0.29) is 18.0 Å². The van der Waals surface area contributed by atoms with Crippen LogP contribution in [0.25, 0.3) is 0 Å². The predicted octanol–water partition coefficient (Wildman–Crippen LogP) is 2.97. The number of unbranched alkanes of at least 4 members (excludes halogenated alkanes) is 3. The first kappa shape index (κ1) is 19.4. The van der Waals surface area contributed by atoms with E-state index in [2.05, 4.69) is 6.92 Å². The highest BCUT2D eigenvalue weighted by atomic mass is 16.5. The highest BCUT2D eigenvalue weighted by molar-refractivity contribution is 5.83. The summed E-state index contributed by atoms with van der Waals surface area (Å²) in [5.41, 5.74) is 1.05. The van der Waals surface area contributed by atoms with Crippen molar-refractivity contribution < 1.29 is 19.1 Å². The van der Waals surface area contributed by atoms with Crippen molar-refractivity contribution in [2.75, 3.05) is 19.8 Å². The maximum atomic E-state index is 12.3. The molecule has 0 saturated carbocycles. The van der Waals surface area contributed by atoms with Crippen LogP contribution in [-0.2, 0) is 25.5 Å². The highest BCUT2D eigenvalue weighted by Gasteiger charge is 2.48. The molecule has 0 aliphatic carbocycles. The van der Waals surface area contributed by atoms with Crippen molar-refractivity contribution in [1.29, 1.82) is 0 Å². The van der Waals surface area contributed by atoms with E-state index in [0.717, 1.165) is 31.2 Å². The van der Waals surface area contributed by atoms with Gasteiger partial charge in [-0.1, -0.05) is 56.5 Å². The first-order chi connectivity index (χ1) is 12.2. The van der Waals surface area contributed by atoms with Gasteiger partial charge in [-0.2, -0.15) is 0 Å². The van der Waals surface area contributed by atoms with Crippen LogP contribution in [0.2, 0.25) is 0 Å². The van der Waals surface area contributed by atoms with Crippen molar-refractivity contribution in [3.8, 4) is 0 Å². The molecule has 1 heterocycles.